The number of anilines is 1. The van der Waals surface area contributed by atoms with Crippen LogP contribution in [0.4, 0.5) is 5.69 Å². The van der Waals surface area contributed by atoms with E-state index in [1.807, 2.05) is 50.2 Å². The Balaban J connectivity index is 1.62. The number of para-hydroxylation sites is 1. The van der Waals surface area contributed by atoms with E-state index in [0.717, 1.165) is 56.3 Å². The molecule has 0 bridgehead atoms. The highest BCUT2D eigenvalue weighted by atomic mass is 32.2. The number of hydrogen-bond donors (Lipinski definition) is 0. The summed E-state index contributed by atoms with van der Waals surface area (Å²) >= 11 is 0. The number of furan rings is 1. The van der Waals surface area contributed by atoms with E-state index in [1.165, 1.54) is 4.31 Å². The van der Waals surface area contributed by atoms with E-state index >= 15 is 0 Å². The average molecular weight is 589 g/mol. The van der Waals surface area contributed by atoms with Gasteiger partial charge in [0.1, 0.15) is 11.3 Å². The minimum Gasteiger partial charge on any atom is -0.460 e. The number of benzene rings is 3. The van der Waals surface area contributed by atoms with Gasteiger partial charge in [0.2, 0.25) is 0 Å². The Labute approximate surface area is 251 Å². The number of hydrogen-bond acceptors (Lipinski definition) is 5. The third-order valence-electron chi connectivity index (χ3n) is 7.73. The molecule has 0 amide bonds. The minimum atomic E-state index is -3.80. The molecule has 6 nitrogen and oxygen atoms in total. The second-order valence-electron chi connectivity index (χ2n) is 10.9. The Morgan fingerprint density at radius 1 is 0.762 bits per heavy atom. The van der Waals surface area contributed by atoms with Crippen LogP contribution in [-0.4, -0.2) is 45.3 Å². The van der Waals surface area contributed by atoms with Crippen molar-refractivity contribution in [2.75, 3.05) is 30.5 Å². The number of sulfonamides is 1. The summed E-state index contributed by atoms with van der Waals surface area (Å²) in [5.74, 6) is 0.531. The standard InChI is InChI=1S/C35H44N2O4S/c1-5-8-23-36(24-9-6-2)25-12-26-37(42(39,40)30-21-15-27(4)16-22-30)29-19-17-28(18-20-29)35(38)34-31-13-10-11-14-33(31)41-32(34)7-3/h10-11,13-22H,5-9,12,23-26H2,1-4H3. The van der Waals surface area contributed by atoms with Crippen molar-refractivity contribution in [3.8, 4) is 0 Å². The van der Waals surface area contributed by atoms with Gasteiger partial charge in [0.05, 0.1) is 16.1 Å². The van der Waals surface area contributed by atoms with E-state index in [9.17, 15) is 13.2 Å². The number of ketones is 1. The monoisotopic (exact) mass is 588 g/mol. The van der Waals surface area contributed by atoms with Crippen LogP contribution in [0.25, 0.3) is 11.0 Å². The van der Waals surface area contributed by atoms with Crippen LogP contribution in [0.2, 0.25) is 0 Å². The Morgan fingerprint density at radius 2 is 1.38 bits per heavy atom. The molecule has 0 atom stereocenters. The van der Waals surface area contributed by atoms with Gasteiger partial charge in [-0.3, -0.25) is 9.10 Å². The van der Waals surface area contributed by atoms with Crippen LogP contribution >= 0.6 is 0 Å². The summed E-state index contributed by atoms with van der Waals surface area (Å²) in [6.45, 7) is 11.5. The third kappa shape index (κ3) is 7.31. The van der Waals surface area contributed by atoms with Gasteiger partial charge in [0, 0.05) is 23.9 Å². The smallest absolute Gasteiger partial charge is 0.264 e. The number of unbranched alkanes of at least 4 members (excludes halogenated alkanes) is 2. The van der Waals surface area contributed by atoms with E-state index in [4.69, 9.17) is 4.42 Å². The third-order valence-corrected chi connectivity index (χ3v) is 9.58. The highest BCUT2D eigenvalue weighted by Crippen LogP contribution is 2.30. The summed E-state index contributed by atoms with van der Waals surface area (Å²) in [5, 5.41) is 0.794. The van der Waals surface area contributed by atoms with Crippen LogP contribution in [0.5, 0.6) is 0 Å². The summed E-state index contributed by atoms with van der Waals surface area (Å²) in [6.07, 6.45) is 5.85. The zero-order valence-corrected chi connectivity index (χ0v) is 26.3. The first-order valence-electron chi connectivity index (χ1n) is 15.3. The molecule has 3 aromatic carbocycles. The van der Waals surface area contributed by atoms with Gasteiger partial charge in [-0.15, -0.1) is 0 Å². The molecule has 42 heavy (non-hydrogen) atoms. The van der Waals surface area contributed by atoms with Crippen LogP contribution in [0, 0.1) is 6.92 Å². The molecule has 4 aromatic rings. The van der Waals surface area contributed by atoms with Gasteiger partial charge in [0.25, 0.3) is 10.0 Å². The molecule has 0 unspecified atom stereocenters. The normalized spacial score (nSPS) is 11.8. The minimum absolute atomic E-state index is 0.126. The van der Waals surface area contributed by atoms with Gasteiger partial charge in [-0.25, -0.2) is 8.42 Å². The second kappa shape index (κ2) is 14.7. The van der Waals surface area contributed by atoms with Gasteiger partial charge in [-0.1, -0.05) is 69.5 Å². The van der Waals surface area contributed by atoms with Gasteiger partial charge in [-0.2, -0.15) is 0 Å². The Bertz CT molecular complexity index is 1550. The molecule has 7 heteroatoms. The lowest BCUT2D eigenvalue weighted by atomic mass is 9.99. The zero-order chi connectivity index (χ0) is 30.1. The summed E-state index contributed by atoms with van der Waals surface area (Å²) in [5.41, 5.74) is 3.32. The van der Waals surface area contributed by atoms with Gasteiger partial charge in [-0.05, 0) is 88.3 Å². The fourth-order valence-corrected chi connectivity index (χ4v) is 6.78. The molecule has 0 aliphatic rings. The molecule has 224 valence electrons. The highest BCUT2D eigenvalue weighted by Gasteiger charge is 2.26. The molecular formula is C35H44N2O4S. The van der Waals surface area contributed by atoms with Gasteiger partial charge < -0.3 is 9.32 Å². The van der Waals surface area contributed by atoms with Crippen LogP contribution < -0.4 is 4.31 Å². The fourth-order valence-electron chi connectivity index (χ4n) is 5.28. The molecule has 0 saturated heterocycles. The second-order valence-corrected chi connectivity index (χ2v) is 12.8. The van der Waals surface area contributed by atoms with Crippen molar-refractivity contribution >= 4 is 32.5 Å². The van der Waals surface area contributed by atoms with Crippen LogP contribution in [0.15, 0.2) is 82.1 Å². The number of nitrogens with zero attached hydrogens (tertiary/aromatic N) is 2. The summed E-state index contributed by atoms with van der Waals surface area (Å²) in [7, 11) is -3.80. The number of carbonyl (C=O) groups excluding carboxylic acids is 1. The zero-order valence-electron chi connectivity index (χ0n) is 25.4. The molecule has 0 N–H and O–H groups in total. The van der Waals surface area contributed by atoms with E-state index in [-0.39, 0.29) is 10.7 Å². The van der Waals surface area contributed by atoms with Crippen molar-refractivity contribution in [3.63, 3.8) is 0 Å². The van der Waals surface area contributed by atoms with E-state index in [2.05, 4.69) is 18.7 Å². The van der Waals surface area contributed by atoms with Crippen LogP contribution in [0.3, 0.4) is 0 Å². The Morgan fingerprint density at radius 3 is 2.00 bits per heavy atom. The average Bonchev–Trinajstić information content (AvgIpc) is 3.39. The summed E-state index contributed by atoms with van der Waals surface area (Å²) in [6, 6.07) is 21.5. The first kappa shape index (κ1) is 31.5. The lowest BCUT2D eigenvalue weighted by Crippen LogP contribution is -2.35. The molecule has 0 radical (unpaired) electrons. The number of carbonyl (C=O) groups is 1. The SMILES string of the molecule is CCCCN(CCCC)CCCN(c1ccc(C(=O)c2c(CC)oc3ccccc23)cc1)S(=O)(=O)c1ccc(C)cc1. The topological polar surface area (TPSA) is 70.8 Å². The van der Waals surface area contributed by atoms with Gasteiger partial charge >= 0.3 is 0 Å². The maximum Gasteiger partial charge on any atom is 0.264 e. The maximum atomic E-state index is 13.9. The van der Waals surface area contributed by atoms with Crippen LogP contribution in [-0.2, 0) is 16.4 Å². The number of aryl methyl sites for hydroxylation is 2. The summed E-state index contributed by atoms with van der Waals surface area (Å²) < 4.78 is 35.3. The highest BCUT2D eigenvalue weighted by molar-refractivity contribution is 7.92. The predicted octanol–water partition coefficient (Wildman–Crippen LogP) is 8.02. The first-order valence-corrected chi connectivity index (χ1v) is 16.7. The molecule has 0 saturated carbocycles. The van der Waals surface area contributed by atoms with Crippen molar-refractivity contribution in [3.05, 3.63) is 95.2 Å². The van der Waals surface area contributed by atoms with E-state index in [1.54, 1.807) is 36.4 Å². The quantitative estimate of drug-likeness (QED) is 0.124. The fraction of sp³-hybridized carbons (Fsp3) is 0.400. The molecule has 0 fully saturated rings. The van der Waals surface area contributed by atoms with Gasteiger partial charge in [0.15, 0.2) is 5.78 Å². The Kier molecular flexibility index (Phi) is 11.0. The molecule has 4 rings (SSSR count). The van der Waals surface area contributed by atoms with E-state index in [0.29, 0.717) is 47.5 Å². The van der Waals surface area contributed by atoms with Crippen molar-refractivity contribution in [2.45, 2.75) is 71.1 Å². The molecular weight excluding hydrogens is 544 g/mol. The Hall–Kier alpha value is -3.42. The van der Waals surface area contributed by atoms with E-state index < -0.39 is 10.0 Å². The van der Waals surface area contributed by atoms with Crippen LogP contribution in [0.1, 0.15) is 80.1 Å². The molecule has 0 aliphatic heterocycles. The molecule has 1 aromatic heterocycles. The molecule has 0 aliphatic carbocycles. The predicted molar refractivity (Wildman–Crippen MR) is 172 cm³/mol. The number of rotatable bonds is 16. The maximum absolute atomic E-state index is 13.9. The molecule has 0 spiro atoms. The summed E-state index contributed by atoms with van der Waals surface area (Å²) in [4.78, 5) is 16.4. The number of fused-ring (bicyclic) bond motifs is 1. The lowest BCUT2D eigenvalue weighted by molar-refractivity contribution is 0.103. The van der Waals surface area contributed by atoms with Crippen molar-refractivity contribution < 1.29 is 17.6 Å². The molecule has 1 heterocycles. The first-order chi connectivity index (χ1) is 20.3. The largest absolute Gasteiger partial charge is 0.460 e. The van der Waals surface area contributed by atoms with Crippen molar-refractivity contribution in [1.29, 1.82) is 0 Å². The van der Waals surface area contributed by atoms with Crippen molar-refractivity contribution in [1.82, 2.24) is 4.90 Å². The van der Waals surface area contributed by atoms with Crippen molar-refractivity contribution in [2.24, 2.45) is 0 Å². The lowest BCUT2D eigenvalue weighted by Gasteiger charge is -2.27.